The molecule has 5 heteroatoms. The van der Waals surface area contributed by atoms with Gasteiger partial charge in [0.05, 0.1) is 23.6 Å². The minimum absolute atomic E-state index is 0.0346. The number of aryl methyl sites for hydroxylation is 1. The Morgan fingerprint density at radius 2 is 2.19 bits per heavy atom. The van der Waals surface area contributed by atoms with E-state index in [1.54, 1.807) is 13.0 Å². The average Bonchev–Trinajstić information content (AvgIpc) is 2.49. The van der Waals surface area contributed by atoms with E-state index >= 15 is 0 Å². The molecule has 0 fully saturated rings. The molecule has 2 aromatic rings. The number of hydrogen-bond acceptors (Lipinski definition) is 4. The average molecular weight is 282 g/mol. The van der Waals surface area contributed by atoms with Gasteiger partial charge in [-0.1, -0.05) is 12.6 Å². The van der Waals surface area contributed by atoms with E-state index in [0.29, 0.717) is 5.56 Å². The highest BCUT2D eigenvalue weighted by Crippen LogP contribution is 2.29. The summed E-state index contributed by atoms with van der Waals surface area (Å²) < 4.78 is 18.2. The number of ether oxygens (including phenoxy) is 1. The van der Waals surface area contributed by atoms with E-state index in [-0.39, 0.29) is 22.6 Å². The number of ketones is 1. The lowest BCUT2D eigenvalue weighted by Crippen LogP contribution is -2.09. The van der Waals surface area contributed by atoms with E-state index in [9.17, 15) is 14.4 Å². The van der Waals surface area contributed by atoms with E-state index in [4.69, 9.17) is 4.74 Å². The van der Waals surface area contributed by atoms with E-state index in [2.05, 4.69) is 11.6 Å². The maximum Gasteiger partial charge on any atom is 0.216 e. The number of hydrogen-bond donors (Lipinski definition) is 0. The summed E-state index contributed by atoms with van der Waals surface area (Å²) in [7, 11) is 0. The fourth-order valence-electron chi connectivity index (χ4n) is 1.88. The first-order valence-corrected chi connectivity index (χ1v) is 6.06. The number of aromatic nitrogens is 1. The first-order valence-electron chi connectivity index (χ1n) is 6.06. The van der Waals surface area contributed by atoms with Crippen LogP contribution in [0.3, 0.4) is 0 Å². The molecule has 104 valence electrons. The van der Waals surface area contributed by atoms with Crippen LogP contribution in [0.15, 0.2) is 43.3 Å². The normalized spacial score (nSPS) is 9.76. The predicted octanol–water partition coefficient (Wildman–Crippen LogP) is 3.15. The molecular formula is C16H11FN2O2. The number of carbonyl (C=O) groups excluding carboxylic acids is 1. The Balaban J connectivity index is 2.63. The van der Waals surface area contributed by atoms with Crippen LogP contribution >= 0.6 is 0 Å². The van der Waals surface area contributed by atoms with Crippen molar-refractivity contribution in [1.29, 1.82) is 5.26 Å². The molecule has 0 radical (unpaired) electrons. The molecule has 0 N–H and O–H groups in total. The molecule has 2 rings (SSSR count). The van der Waals surface area contributed by atoms with Gasteiger partial charge in [0.25, 0.3) is 0 Å². The predicted molar refractivity (Wildman–Crippen MR) is 74.3 cm³/mol. The molecule has 0 amide bonds. The summed E-state index contributed by atoms with van der Waals surface area (Å²) in [5.74, 6) is -0.800. The maximum absolute atomic E-state index is 12.9. The van der Waals surface area contributed by atoms with Gasteiger partial charge >= 0.3 is 0 Å². The summed E-state index contributed by atoms with van der Waals surface area (Å²) in [5, 5.41) is 9.18. The van der Waals surface area contributed by atoms with Crippen molar-refractivity contribution in [3.05, 3.63) is 71.5 Å². The Hall–Kier alpha value is -3.00. The van der Waals surface area contributed by atoms with Crippen LogP contribution in [0.4, 0.5) is 4.39 Å². The maximum atomic E-state index is 12.9. The molecule has 0 bridgehead atoms. The van der Waals surface area contributed by atoms with Crippen molar-refractivity contribution in [1.82, 2.24) is 4.98 Å². The Kier molecular flexibility index (Phi) is 4.10. The SMILES string of the molecule is C=COc1c(C)ccc(C#N)c1C(=O)c1ccc(F)cn1. The van der Waals surface area contributed by atoms with Gasteiger partial charge < -0.3 is 4.74 Å². The second kappa shape index (κ2) is 5.97. The molecule has 4 nitrogen and oxygen atoms in total. The van der Waals surface area contributed by atoms with Crippen molar-refractivity contribution in [2.45, 2.75) is 6.92 Å². The standard InChI is InChI=1S/C16H11FN2O2/c1-3-21-16-10(2)4-5-11(8-18)14(16)15(20)13-7-6-12(17)9-19-13/h3-7,9H,1H2,2H3. The fraction of sp³-hybridized carbons (Fsp3) is 0.0625. The second-order valence-electron chi connectivity index (χ2n) is 4.22. The third kappa shape index (κ3) is 2.79. The van der Waals surface area contributed by atoms with Crippen LogP contribution in [0.25, 0.3) is 0 Å². The molecule has 0 saturated heterocycles. The Morgan fingerprint density at radius 3 is 2.76 bits per heavy atom. The summed E-state index contributed by atoms with van der Waals surface area (Å²) in [4.78, 5) is 16.3. The number of nitriles is 1. The number of nitrogens with zero attached hydrogens (tertiary/aromatic N) is 2. The highest BCUT2D eigenvalue weighted by atomic mass is 19.1. The van der Waals surface area contributed by atoms with Gasteiger partial charge in [-0.2, -0.15) is 5.26 Å². The smallest absolute Gasteiger partial charge is 0.216 e. The number of benzene rings is 1. The molecule has 0 aliphatic heterocycles. The summed E-state index contributed by atoms with van der Waals surface area (Å²) in [6.07, 6.45) is 2.13. The van der Waals surface area contributed by atoms with Crippen molar-refractivity contribution in [2.75, 3.05) is 0 Å². The first-order chi connectivity index (χ1) is 10.1. The first kappa shape index (κ1) is 14.4. The van der Waals surface area contributed by atoms with Gasteiger partial charge in [-0.15, -0.1) is 0 Å². The Morgan fingerprint density at radius 1 is 1.43 bits per heavy atom. The van der Waals surface area contributed by atoms with Crippen LogP contribution in [0.1, 0.15) is 27.2 Å². The number of halogens is 1. The Bertz CT molecular complexity index is 746. The van der Waals surface area contributed by atoms with E-state index in [1.807, 2.05) is 6.07 Å². The number of pyridine rings is 1. The third-order valence-electron chi connectivity index (χ3n) is 2.86. The zero-order valence-electron chi connectivity index (χ0n) is 11.3. The van der Waals surface area contributed by atoms with Crippen LogP contribution in [0.2, 0.25) is 0 Å². The van der Waals surface area contributed by atoms with Gasteiger partial charge in [-0.25, -0.2) is 9.37 Å². The van der Waals surface area contributed by atoms with Crippen molar-refractivity contribution in [2.24, 2.45) is 0 Å². The molecule has 1 aromatic carbocycles. The molecule has 0 unspecified atom stereocenters. The minimum Gasteiger partial charge on any atom is -0.465 e. The van der Waals surface area contributed by atoms with Crippen LogP contribution in [-0.4, -0.2) is 10.8 Å². The monoisotopic (exact) mass is 282 g/mol. The van der Waals surface area contributed by atoms with Crippen LogP contribution in [0.5, 0.6) is 5.75 Å². The fourth-order valence-corrected chi connectivity index (χ4v) is 1.88. The molecule has 0 saturated carbocycles. The quantitative estimate of drug-likeness (QED) is 0.638. The minimum atomic E-state index is -0.543. The number of carbonyl (C=O) groups is 1. The van der Waals surface area contributed by atoms with Gasteiger partial charge in [-0.05, 0) is 30.7 Å². The van der Waals surface area contributed by atoms with Gasteiger partial charge in [-0.3, -0.25) is 4.79 Å². The van der Waals surface area contributed by atoms with Crippen LogP contribution in [0, 0.1) is 24.1 Å². The highest BCUT2D eigenvalue weighted by molar-refractivity contribution is 6.11. The Labute approximate surface area is 121 Å². The van der Waals surface area contributed by atoms with Gasteiger partial charge in [0.2, 0.25) is 5.78 Å². The molecule has 0 aliphatic rings. The zero-order valence-corrected chi connectivity index (χ0v) is 11.3. The van der Waals surface area contributed by atoms with E-state index in [1.165, 1.54) is 18.4 Å². The summed E-state index contributed by atoms with van der Waals surface area (Å²) in [5.41, 5.74) is 0.969. The molecule has 0 aliphatic carbocycles. The van der Waals surface area contributed by atoms with E-state index in [0.717, 1.165) is 12.3 Å². The second-order valence-corrected chi connectivity index (χ2v) is 4.22. The summed E-state index contributed by atoms with van der Waals surface area (Å²) in [6.45, 7) is 5.20. The topological polar surface area (TPSA) is 63.0 Å². The molecular weight excluding hydrogens is 271 g/mol. The molecule has 0 spiro atoms. The van der Waals surface area contributed by atoms with Gasteiger partial charge in [0.1, 0.15) is 23.3 Å². The molecule has 1 heterocycles. The highest BCUT2D eigenvalue weighted by Gasteiger charge is 2.22. The lowest BCUT2D eigenvalue weighted by atomic mass is 9.98. The lowest BCUT2D eigenvalue weighted by molar-refractivity contribution is 0.103. The molecule has 21 heavy (non-hydrogen) atoms. The largest absolute Gasteiger partial charge is 0.465 e. The lowest BCUT2D eigenvalue weighted by Gasteiger charge is -2.12. The summed E-state index contributed by atoms with van der Waals surface area (Å²) >= 11 is 0. The van der Waals surface area contributed by atoms with Crippen LogP contribution in [-0.2, 0) is 0 Å². The van der Waals surface area contributed by atoms with Crippen molar-refractivity contribution >= 4 is 5.78 Å². The summed E-state index contributed by atoms with van der Waals surface area (Å²) in [6, 6.07) is 7.55. The molecule has 1 aromatic heterocycles. The van der Waals surface area contributed by atoms with E-state index < -0.39 is 11.6 Å². The van der Waals surface area contributed by atoms with Crippen LogP contribution < -0.4 is 4.74 Å². The molecule has 0 atom stereocenters. The third-order valence-corrected chi connectivity index (χ3v) is 2.86. The van der Waals surface area contributed by atoms with Gasteiger partial charge in [0.15, 0.2) is 0 Å². The van der Waals surface area contributed by atoms with Gasteiger partial charge in [0, 0.05) is 0 Å². The zero-order chi connectivity index (χ0) is 15.4. The van der Waals surface area contributed by atoms with Crippen molar-refractivity contribution < 1.29 is 13.9 Å². The number of rotatable bonds is 4. The van der Waals surface area contributed by atoms with Crippen molar-refractivity contribution in [3.8, 4) is 11.8 Å². The van der Waals surface area contributed by atoms with Crippen molar-refractivity contribution in [3.63, 3.8) is 0 Å².